The zero-order valence-corrected chi connectivity index (χ0v) is 40.6. The van der Waals surface area contributed by atoms with E-state index in [9.17, 15) is 0 Å². The summed E-state index contributed by atoms with van der Waals surface area (Å²) in [5.41, 5.74) is 10.7. The van der Waals surface area contributed by atoms with Crippen molar-refractivity contribution < 1.29 is 18.1 Å². The first-order valence-electron chi connectivity index (χ1n) is 23.9. The van der Waals surface area contributed by atoms with Crippen LogP contribution in [0.5, 0.6) is 17.2 Å². The highest BCUT2D eigenvalue weighted by Gasteiger charge is 2.38. The van der Waals surface area contributed by atoms with Crippen molar-refractivity contribution in [3.05, 3.63) is 200 Å². The molecule has 0 aliphatic heterocycles. The fourth-order valence-corrected chi connectivity index (χ4v) is 10.7. The quantitative estimate of drug-likeness (QED) is 0.104. The summed E-state index contributed by atoms with van der Waals surface area (Å²) in [6.45, 7) is 0. The normalized spacial score (nSPS) is 11.9. The van der Waals surface area contributed by atoms with E-state index in [-0.39, 0.29) is 17.2 Å². The molecule has 0 bridgehead atoms. The number of rotatable bonds is 12. The summed E-state index contributed by atoms with van der Waals surface area (Å²) < 4.78 is 47.0. The Hall–Kier alpha value is -11.0. The molecule has 0 aliphatic rings. The summed E-state index contributed by atoms with van der Waals surface area (Å²) in [7, 11) is -5.08. The van der Waals surface area contributed by atoms with Crippen LogP contribution in [0.3, 0.4) is 0 Å². The van der Waals surface area contributed by atoms with E-state index in [0.717, 1.165) is 16.6 Å². The van der Waals surface area contributed by atoms with Gasteiger partial charge in [0.25, 0.3) is 0 Å². The molecule has 0 fully saturated rings. The largest absolute Gasteiger partial charge is 0.647 e. The summed E-state index contributed by atoms with van der Waals surface area (Å²) in [5, 5.41) is 53.9. The fourth-order valence-electron chi connectivity index (χ4n) is 9.38. The van der Waals surface area contributed by atoms with Crippen LogP contribution >= 0.6 is 7.82 Å². The Balaban J connectivity index is 0.941. The lowest BCUT2D eigenvalue weighted by atomic mass is 10.2. The average Bonchev–Trinajstić information content (AvgIpc) is 4.39. The van der Waals surface area contributed by atoms with Crippen LogP contribution in [0.25, 0.3) is 100 Å². The molecule has 77 heavy (non-hydrogen) atoms. The van der Waals surface area contributed by atoms with E-state index < -0.39 is 7.82 Å². The number of hydrogen-bond acceptors (Lipinski definition) is 16. The van der Waals surface area contributed by atoms with Crippen molar-refractivity contribution in [2.75, 3.05) is 0 Å². The maximum absolute atomic E-state index is 16.7. The third kappa shape index (κ3) is 7.38. The highest BCUT2D eigenvalue weighted by atomic mass is 31.2. The third-order valence-electron chi connectivity index (χ3n) is 13.0. The topological polar surface area (TPSA) is 229 Å². The van der Waals surface area contributed by atoms with E-state index in [1.807, 2.05) is 146 Å². The first kappa shape index (κ1) is 43.6. The molecule has 15 rings (SSSR count). The lowest BCUT2D eigenvalue weighted by molar-refractivity contribution is 0.297. The predicted molar refractivity (Wildman–Crippen MR) is 283 cm³/mol. The summed E-state index contributed by atoms with van der Waals surface area (Å²) in [5.74, 6) is 0.109. The molecule has 0 N–H and O–H groups in total. The summed E-state index contributed by atoms with van der Waals surface area (Å²) >= 11 is 0. The van der Waals surface area contributed by atoms with Gasteiger partial charge in [-0.15, -0.1) is 30.6 Å². The second-order valence-corrected chi connectivity index (χ2v) is 19.1. The van der Waals surface area contributed by atoms with E-state index in [2.05, 4.69) is 61.9 Å². The Morgan fingerprint density at radius 3 is 0.753 bits per heavy atom. The molecule has 22 nitrogen and oxygen atoms in total. The van der Waals surface area contributed by atoms with Gasteiger partial charge in [0.05, 0.1) is 50.2 Å². The van der Waals surface area contributed by atoms with Gasteiger partial charge >= 0.3 is 7.82 Å². The maximum atomic E-state index is 16.7. The third-order valence-corrected chi connectivity index (χ3v) is 14.2. The van der Waals surface area contributed by atoms with Crippen LogP contribution in [0.1, 0.15) is 0 Å². The first-order valence-corrected chi connectivity index (χ1v) is 25.4. The van der Waals surface area contributed by atoms with Crippen molar-refractivity contribution in [1.82, 2.24) is 90.0 Å². The second-order valence-electron chi connectivity index (χ2n) is 17.6. The minimum Gasteiger partial charge on any atom is -0.384 e. The van der Waals surface area contributed by atoms with Gasteiger partial charge in [-0.05, 0) is 127 Å². The highest BCUT2D eigenvalue weighted by molar-refractivity contribution is 7.49. The lowest BCUT2D eigenvalue weighted by Crippen LogP contribution is -2.13. The van der Waals surface area contributed by atoms with Gasteiger partial charge in [-0.2, -0.15) is 4.57 Å². The van der Waals surface area contributed by atoms with Gasteiger partial charge in [0.15, 0.2) is 17.2 Å². The Kier molecular flexibility index (Phi) is 9.80. The van der Waals surface area contributed by atoms with E-state index >= 15 is 4.57 Å². The van der Waals surface area contributed by atoms with Gasteiger partial charge in [0.1, 0.15) is 50.2 Å². The molecule has 0 amide bonds. The average molecular weight is 1030 g/mol. The zero-order chi connectivity index (χ0) is 51.0. The Morgan fingerprint density at radius 1 is 0.273 bits per heavy atom. The highest BCUT2D eigenvalue weighted by Crippen LogP contribution is 2.54. The first-order chi connectivity index (χ1) is 38.0. The summed E-state index contributed by atoms with van der Waals surface area (Å²) in [6.07, 6.45) is 0. The Bertz CT molecular complexity index is 4370. The second kappa shape index (κ2) is 17.3. The smallest absolute Gasteiger partial charge is 0.384 e. The molecule has 15 aromatic rings. The summed E-state index contributed by atoms with van der Waals surface area (Å²) in [6, 6.07) is 60.7. The molecule has 23 heteroatoms. The Labute approximate surface area is 432 Å². The molecular formula is C54H33N18O4P. The van der Waals surface area contributed by atoms with E-state index in [0.29, 0.717) is 83.8 Å². The molecule has 0 spiro atoms. The van der Waals surface area contributed by atoms with Crippen molar-refractivity contribution >= 4 is 74.0 Å². The minimum absolute atomic E-state index is 0.0362. The van der Waals surface area contributed by atoms with Crippen molar-refractivity contribution in [3.8, 4) is 51.4 Å². The van der Waals surface area contributed by atoms with Crippen LogP contribution in [0, 0.1) is 0 Å². The van der Waals surface area contributed by atoms with Gasteiger partial charge in [0, 0.05) is 0 Å². The zero-order valence-electron chi connectivity index (χ0n) is 39.7. The van der Waals surface area contributed by atoms with Crippen molar-refractivity contribution in [1.29, 1.82) is 0 Å². The number of hydrogen-bond donors (Lipinski definition) is 0. The van der Waals surface area contributed by atoms with Crippen molar-refractivity contribution in [2.24, 2.45) is 0 Å². The number of benzene rings is 9. The molecule has 0 saturated carbocycles. The van der Waals surface area contributed by atoms with Crippen LogP contribution in [0.4, 0.5) is 0 Å². The predicted octanol–water partition coefficient (Wildman–Crippen LogP) is 9.73. The maximum Gasteiger partial charge on any atom is 0.647 e. The van der Waals surface area contributed by atoms with Crippen LogP contribution in [0.15, 0.2) is 200 Å². The lowest BCUT2D eigenvalue weighted by Gasteiger charge is -2.23. The number of phosphoric acid groups is 1. The van der Waals surface area contributed by atoms with Gasteiger partial charge in [0.2, 0.25) is 0 Å². The van der Waals surface area contributed by atoms with Crippen molar-refractivity contribution in [3.63, 3.8) is 0 Å². The van der Waals surface area contributed by atoms with Gasteiger partial charge in [-0.3, -0.25) is 0 Å². The number of para-hydroxylation sites is 6. The van der Waals surface area contributed by atoms with Gasteiger partial charge < -0.3 is 13.6 Å². The fraction of sp³-hybridized carbons (Fsp3) is 0. The number of phosphoric ester groups is 1. The van der Waals surface area contributed by atoms with Crippen LogP contribution < -0.4 is 13.6 Å². The molecule has 9 aromatic carbocycles. The van der Waals surface area contributed by atoms with Gasteiger partial charge in [-0.25, -0.2) is 28.1 Å². The molecule has 368 valence electrons. The summed E-state index contributed by atoms with van der Waals surface area (Å²) in [4.78, 5) is 0. The SMILES string of the molecule is O=P(Oc1ccc(-n2nnc3ccccc32)cc1-n1nnc2ccccc21)(Oc1ccc(-n2nnc3ccccc32)cc1-n1nnc2ccccc21)Oc1ccc(-n2nnc3ccccc32)cc1-n1nnc2ccccc21. The molecule has 0 saturated heterocycles. The van der Waals surface area contributed by atoms with E-state index in [1.54, 1.807) is 82.7 Å². The molecule has 0 unspecified atom stereocenters. The van der Waals surface area contributed by atoms with Crippen molar-refractivity contribution in [2.45, 2.75) is 0 Å². The molecule has 0 radical (unpaired) electrons. The minimum atomic E-state index is -5.08. The van der Waals surface area contributed by atoms with Crippen LogP contribution in [-0.4, -0.2) is 90.0 Å². The van der Waals surface area contributed by atoms with Crippen LogP contribution in [0.2, 0.25) is 0 Å². The van der Waals surface area contributed by atoms with Crippen LogP contribution in [-0.2, 0) is 4.57 Å². The number of aromatic nitrogens is 18. The standard InChI is InChI=1S/C54H33N18O4P/c73-77(74-52-28-25-34(67-43-19-7-1-13-37(43)55-61-67)31-49(52)70-46-22-10-4-16-40(46)58-64-70,75-53-29-26-35(68-44-20-8-2-14-38(44)56-62-68)32-50(53)71-47-23-11-5-17-41(47)59-65-71)76-54-30-27-36(69-45-21-9-3-15-39(45)57-63-69)33-51(54)72-48-24-12-6-18-42(48)60-66-72/h1-33H. The molecule has 6 heterocycles. The van der Waals surface area contributed by atoms with E-state index in [1.165, 1.54) is 0 Å². The Morgan fingerprint density at radius 2 is 0.494 bits per heavy atom. The van der Waals surface area contributed by atoms with Gasteiger partial charge in [-0.1, -0.05) is 104 Å². The molecule has 0 aliphatic carbocycles. The number of fused-ring (bicyclic) bond motifs is 6. The molecule has 0 atom stereocenters. The monoisotopic (exact) mass is 1030 g/mol. The molecule has 6 aromatic heterocycles. The van der Waals surface area contributed by atoms with E-state index in [4.69, 9.17) is 13.6 Å². The molecular weight excluding hydrogens is 996 g/mol. The number of nitrogens with zero attached hydrogens (tertiary/aromatic N) is 18.